The average Bonchev–Trinajstić information content (AvgIpc) is 2.38. The monoisotopic (exact) mass is 226 g/mol. The maximum atomic E-state index is 11.7. The molecule has 92 valence electrons. The smallest absolute Gasteiger partial charge is 0.409 e. The van der Waals surface area contributed by atoms with E-state index >= 15 is 0 Å². The van der Waals surface area contributed by atoms with Crippen LogP contribution in [0.5, 0.6) is 0 Å². The highest BCUT2D eigenvalue weighted by molar-refractivity contribution is 5.68. The second kappa shape index (κ2) is 3.91. The molecular weight excluding hydrogens is 204 g/mol. The number of nitrogens with one attached hydrogen (secondary N) is 2. The Hall–Kier alpha value is -0.770. The van der Waals surface area contributed by atoms with Gasteiger partial charge >= 0.3 is 6.09 Å². The minimum absolute atomic E-state index is 0.189. The molecule has 0 aliphatic carbocycles. The first-order chi connectivity index (χ1) is 7.39. The summed E-state index contributed by atoms with van der Waals surface area (Å²) in [5, 5.41) is 6.52. The molecule has 2 heterocycles. The van der Waals surface area contributed by atoms with Crippen LogP contribution in [0.2, 0.25) is 0 Å². The van der Waals surface area contributed by atoms with Gasteiger partial charge in [-0.1, -0.05) is 0 Å². The summed E-state index contributed by atoms with van der Waals surface area (Å²) in [4.78, 5) is 11.7. The Labute approximate surface area is 97.1 Å². The van der Waals surface area contributed by atoms with E-state index in [1.165, 1.54) is 12.8 Å². The molecule has 2 unspecified atom stereocenters. The van der Waals surface area contributed by atoms with Gasteiger partial charge in [-0.05, 0) is 52.9 Å². The summed E-state index contributed by atoms with van der Waals surface area (Å²) in [5.74, 6) is 0. The van der Waals surface area contributed by atoms with Gasteiger partial charge in [-0.25, -0.2) is 4.79 Å². The predicted molar refractivity (Wildman–Crippen MR) is 62.1 cm³/mol. The van der Waals surface area contributed by atoms with Crippen molar-refractivity contribution >= 4 is 6.09 Å². The lowest BCUT2D eigenvalue weighted by Crippen LogP contribution is -2.59. The third kappa shape index (κ3) is 2.67. The lowest BCUT2D eigenvalue weighted by Gasteiger charge is -2.35. The number of rotatable bonds is 1. The molecule has 2 N–H and O–H groups in total. The van der Waals surface area contributed by atoms with Gasteiger partial charge in [0.15, 0.2) is 0 Å². The van der Waals surface area contributed by atoms with Crippen LogP contribution in [-0.2, 0) is 4.74 Å². The van der Waals surface area contributed by atoms with Gasteiger partial charge in [0, 0.05) is 6.04 Å². The number of ether oxygens (including phenoxy) is 1. The lowest BCUT2D eigenvalue weighted by atomic mass is 10.00. The van der Waals surface area contributed by atoms with E-state index in [-0.39, 0.29) is 11.8 Å². The van der Waals surface area contributed by atoms with Crippen LogP contribution < -0.4 is 10.6 Å². The summed E-state index contributed by atoms with van der Waals surface area (Å²) in [7, 11) is 0. The van der Waals surface area contributed by atoms with Crippen LogP contribution in [0.1, 0.15) is 52.9 Å². The van der Waals surface area contributed by atoms with Crippen LogP contribution in [0, 0.1) is 0 Å². The fourth-order valence-corrected chi connectivity index (χ4v) is 2.68. The van der Waals surface area contributed by atoms with Gasteiger partial charge < -0.3 is 10.1 Å². The minimum Gasteiger partial charge on any atom is -0.444 e. The summed E-state index contributed by atoms with van der Waals surface area (Å²) in [6.07, 6.45) is 5.32. The summed E-state index contributed by atoms with van der Waals surface area (Å²) in [6, 6.07) is 0.587. The predicted octanol–water partition coefficient (Wildman–Crippen LogP) is 2.14. The second-order valence-electron chi connectivity index (χ2n) is 5.98. The van der Waals surface area contributed by atoms with E-state index in [1.54, 1.807) is 0 Å². The molecule has 0 aromatic heterocycles. The van der Waals surface area contributed by atoms with Gasteiger partial charge in [-0.15, -0.1) is 0 Å². The Bertz CT molecular complexity index is 281. The van der Waals surface area contributed by atoms with Crippen molar-refractivity contribution in [3.05, 3.63) is 0 Å². The van der Waals surface area contributed by atoms with Crippen molar-refractivity contribution in [2.24, 2.45) is 0 Å². The largest absolute Gasteiger partial charge is 0.444 e. The number of carbonyl (C=O) groups is 1. The highest BCUT2D eigenvalue weighted by atomic mass is 16.6. The summed E-state index contributed by atoms with van der Waals surface area (Å²) in [6.45, 7) is 5.65. The summed E-state index contributed by atoms with van der Waals surface area (Å²) < 4.78 is 5.30. The van der Waals surface area contributed by atoms with Crippen molar-refractivity contribution in [1.82, 2.24) is 10.6 Å². The van der Waals surface area contributed by atoms with Crippen LogP contribution in [0.15, 0.2) is 0 Å². The Kier molecular flexibility index (Phi) is 2.86. The first-order valence-electron chi connectivity index (χ1n) is 6.17. The van der Waals surface area contributed by atoms with E-state index in [9.17, 15) is 4.79 Å². The zero-order valence-corrected chi connectivity index (χ0v) is 10.4. The molecule has 0 saturated carbocycles. The summed E-state index contributed by atoms with van der Waals surface area (Å²) in [5.41, 5.74) is -0.612. The highest BCUT2D eigenvalue weighted by Gasteiger charge is 2.43. The van der Waals surface area contributed by atoms with Gasteiger partial charge in [0.25, 0.3) is 0 Å². The first kappa shape index (κ1) is 11.7. The maximum absolute atomic E-state index is 11.7. The van der Waals surface area contributed by atoms with Crippen LogP contribution in [0.25, 0.3) is 0 Å². The Morgan fingerprint density at radius 3 is 2.81 bits per heavy atom. The third-order valence-corrected chi connectivity index (χ3v) is 3.30. The van der Waals surface area contributed by atoms with Crippen LogP contribution in [0.4, 0.5) is 4.79 Å². The van der Waals surface area contributed by atoms with Gasteiger partial charge in [0.05, 0.1) is 5.66 Å². The van der Waals surface area contributed by atoms with Crippen molar-refractivity contribution in [1.29, 1.82) is 0 Å². The number of fused-ring (bicyclic) bond motifs is 2. The average molecular weight is 226 g/mol. The summed E-state index contributed by atoms with van der Waals surface area (Å²) >= 11 is 0. The fraction of sp³-hybridized carbons (Fsp3) is 0.917. The Morgan fingerprint density at radius 1 is 1.38 bits per heavy atom. The fourth-order valence-electron chi connectivity index (χ4n) is 2.68. The molecule has 2 aliphatic heterocycles. The van der Waals surface area contributed by atoms with Crippen LogP contribution in [-0.4, -0.2) is 23.4 Å². The molecular formula is C12H22N2O2. The standard InChI is InChI=1S/C12H22N2O2/c1-11(2,3)16-10(15)14-12-7-4-5-9(13-12)6-8-12/h9,13H,4-8H2,1-3H3,(H,14,15). The van der Waals surface area contributed by atoms with Crippen molar-refractivity contribution < 1.29 is 9.53 Å². The lowest BCUT2D eigenvalue weighted by molar-refractivity contribution is 0.0418. The number of hydrogen-bond donors (Lipinski definition) is 2. The van der Waals surface area contributed by atoms with Crippen molar-refractivity contribution in [2.45, 2.75) is 70.2 Å². The first-order valence-corrected chi connectivity index (χ1v) is 6.17. The van der Waals surface area contributed by atoms with Gasteiger partial charge in [0.1, 0.15) is 5.60 Å². The number of hydrogen-bond acceptors (Lipinski definition) is 3. The molecule has 1 amide bonds. The van der Waals surface area contributed by atoms with Gasteiger partial charge in [-0.2, -0.15) is 0 Å². The molecule has 0 radical (unpaired) electrons. The molecule has 0 aromatic carbocycles. The number of piperidine rings is 1. The Balaban J connectivity index is 1.91. The van der Waals surface area contributed by atoms with Crippen molar-refractivity contribution in [3.8, 4) is 0 Å². The topological polar surface area (TPSA) is 50.4 Å². The van der Waals surface area contributed by atoms with E-state index < -0.39 is 5.60 Å². The van der Waals surface area contributed by atoms with E-state index in [0.29, 0.717) is 6.04 Å². The van der Waals surface area contributed by atoms with Gasteiger partial charge in [0.2, 0.25) is 0 Å². The number of amides is 1. The zero-order chi connectivity index (χ0) is 11.8. The maximum Gasteiger partial charge on any atom is 0.409 e. The molecule has 4 nitrogen and oxygen atoms in total. The van der Waals surface area contributed by atoms with Crippen LogP contribution >= 0.6 is 0 Å². The van der Waals surface area contributed by atoms with Gasteiger partial charge in [-0.3, -0.25) is 5.32 Å². The quantitative estimate of drug-likeness (QED) is 0.720. The number of carbonyl (C=O) groups excluding carboxylic acids is 1. The second-order valence-corrected chi connectivity index (χ2v) is 5.98. The number of alkyl carbamates (subject to hydrolysis) is 1. The molecule has 2 bridgehead atoms. The molecule has 0 spiro atoms. The molecule has 2 rings (SSSR count). The van der Waals surface area contributed by atoms with E-state index in [1.807, 2.05) is 20.8 Å². The van der Waals surface area contributed by atoms with E-state index in [4.69, 9.17) is 4.74 Å². The van der Waals surface area contributed by atoms with Crippen molar-refractivity contribution in [3.63, 3.8) is 0 Å². The van der Waals surface area contributed by atoms with E-state index in [2.05, 4.69) is 10.6 Å². The normalized spacial score (nSPS) is 33.6. The molecule has 0 aromatic rings. The zero-order valence-electron chi connectivity index (χ0n) is 10.4. The van der Waals surface area contributed by atoms with Crippen LogP contribution in [0.3, 0.4) is 0 Å². The molecule has 2 saturated heterocycles. The molecule has 2 fully saturated rings. The SMILES string of the molecule is CC(C)(C)OC(=O)NC12CCCC(CC1)N2. The van der Waals surface area contributed by atoms with Crippen molar-refractivity contribution in [2.75, 3.05) is 0 Å². The third-order valence-electron chi connectivity index (χ3n) is 3.30. The molecule has 4 heteroatoms. The highest BCUT2D eigenvalue weighted by Crippen LogP contribution is 2.33. The Morgan fingerprint density at radius 2 is 2.12 bits per heavy atom. The molecule has 2 atom stereocenters. The minimum atomic E-state index is -0.423. The van der Waals surface area contributed by atoms with E-state index in [0.717, 1.165) is 19.3 Å². The molecule has 16 heavy (non-hydrogen) atoms. The molecule has 2 aliphatic rings.